The second kappa shape index (κ2) is 5.97. The summed E-state index contributed by atoms with van der Waals surface area (Å²) in [7, 11) is -3.55. The van der Waals surface area contributed by atoms with Gasteiger partial charge in [-0.1, -0.05) is 11.6 Å². The maximum atomic E-state index is 12.0. The first-order chi connectivity index (χ1) is 8.59. The second-order valence-electron chi connectivity index (χ2n) is 4.25. The fraction of sp³-hybridized carbons (Fsp3) is 0.545. The van der Waals surface area contributed by atoms with E-state index < -0.39 is 10.0 Å². The summed E-state index contributed by atoms with van der Waals surface area (Å²) in [6.45, 7) is 3.23. The Hall–Kier alpha value is -0.690. The summed E-state index contributed by atoms with van der Waals surface area (Å²) in [5.74, 6) is 0. The molecule has 0 atom stereocenters. The summed E-state index contributed by atoms with van der Waals surface area (Å²) >= 11 is 5.85. The van der Waals surface area contributed by atoms with Crippen molar-refractivity contribution in [2.45, 2.75) is 17.7 Å². The number of hydrogen-bond acceptors (Lipinski definition) is 4. The standard InChI is InChI=1S/C11H16ClN3O2S/c12-10-3-4-13-9-11(10)18(16,17)14-5-8-15-6-1-2-7-15/h3-4,9,14H,1-2,5-8H2. The number of sulfonamides is 1. The van der Waals surface area contributed by atoms with Crippen LogP contribution in [0.15, 0.2) is 23.4 Å². The average Bonchev–Trinajstić information content (AvgIpc) is 2.82. The van der Waals surface area contributed by atoms with Crippen LogP contribution in [0.4, 0.5) is 0 Å². The fourth-order valence-electron chi connectivity index (χ4n) is 1.98. The lowest BCUT2D eigenvalue weighted by atomic mass is 10.4. The van der Waals surface area contributed by atoms with Gasteiger partial charge in [0.05, 0.1) is 5.02 Å². The van der Waals surface area contributed by atoms with E-state index in [1.807, 2.05) is 0 Å². The van der Waals surface area contributed by atoms with Crippen molar-refractivity contribution in [3.8, 4) is 0 Å². The fourth-order valence-corrected chi connectivity index (χ4v) is 3.43. The van der Waals surface area contributed by atoms with Gasteiger partial charge in [-0.25, -0.2) is 13.1 Å². The van der Waals surface area contributed by atoms with Crippen LogP contribution in [0.25, 0.3) is 0 Å². The third-order valence-electron chi connectivity index (χ3n) is 2.94. The van der Waals surface area contributed by atoms with Crippen molar-refractivity contribution in [1.29, 1.82) is 0 Å². The van der Waals surface area contributed by atoms with E-state index in [1.165, 1.54) is 31.3 Å². The molecule has 5 nitrogen and oxygen atoms in total. The predicted octanol–water partition coefficient (Wildman–Crippen LogP) is 1.11. The molecular formula is C11H16ClN3O2S. The molecule has 2 rings (SSSR count). The highest BCUT2D eigenvalue weighted by Crippen LogP contribution is 2.18. The number of pyridine rings is 1. The molecule has 0 bridgehead atoms. The smallest absolute Gasteiger partial charge is 0.243 e. The van der Waals surface area contributed by atoms with E-state index in [0.717, 1.165) is 19.6 Å². The third-order valence-corrected chi connectivity index (χ3v) is 4.87. The number of hydrogen-bond donors (Lipinski definition) is 1. The number of likely N-dealkylation sites (tertiary alicyclic amines) is 1. The summed E-state index contributed by atoms with van der Waals surface area (Å²) in [4.78, 5) is 6.06. The van der Waals surface area contributed by atoms with Gasteiger partial charge in [-0.15, -0.1) is 0 Å². The molecule has 1 aromatic rings. The van der Waals surface area contributed by atoms with Crippen LogP contribution < -0.4 is 4.72 Å². The molecule has 1 aromatic heterocycles. The lowest BCUT2D eigenvalue weighted by Crippen LogP contribution is -2.33. The molecule has 0 amide bonds. The predicted molar refractivity (Wildman–Crippen MR) is 70.1 cm³/mol. The number of nitrogens with one attached hydrogen (secondary N) is 1. The van der Waals surface area contributed by atoms with Crippen LogP contribution in [-0.2, 0) is 10.0 Å². The third kappa shape index (κ3) is 3.41. The van der Waals surface area contributed by atoms with E-state index in [-0.39, 0.29) is 9.92 Å². The summed E-state index contributed by atoms with van der Waals surface area (Å²) in [5, 5.41) is 0.193. The van der Waals surface area contributed by atoms with Crippen molar-refractivity contribution < 1.29 is 8.42 Å². The largest absolute Gasteiger partial charge is 0.302 e. The monoisotopic (exact) mass is 289 g/mol. The Labute approximate surface area is 112 Å². The zero-order chi connectivity index (χ0) is 13.0. The van der Waals surface area contributed by atoms with Gasteiger partial charge in [0.15, 0.2) is 0 Å². The van der Waals surface area contributed by atoms with Crippen molar-refractivity contribution in [3.05, 3.63) is 23.5 Å². The molecule has 2 heterocycles. The summed E-state index contributed by atoms with van der Waals surface area (Å²) < 4.78 is 26.5. The molecule has 100 valence electrons. The Morgan fingerprint density at radius 3 is 2.78 bits per heavy atom. The van der Waals surface area contributed by atoms with E-state index in [0.29, 0.717) is 6.54 Å². The van der Waals surface area contributed by atoms with Gasteiger partial charge in [-0.05, 0) is 32.0 Å². The maximum Gasteiger partial charge on any atom is 0.243 e. The molecule has 1 N–H and O–H groups in total. The van der Waals surface area contributed by atoms with E-state index in [2.05, 4.69) is 14.6 Å². The van der Waals surface area contributed by atoms with Gasteiger partial charge >= 0.3 is 0 Å². The number of halogens is 1. The Balaban J connectivity index is 1.93. The summed E-state index contributed by atoms with van der Waals surface area (Å²) in [5.41, 5.74) is 0. The van der Waals surface area contributed by atoms with Crippen molar-refractivity contribution >= 4 is 21.6 Å². The molecule has 7 heteroatoms. The minimum Gasteiger partial charge on any atom is -0.302 e. The average molecular weight is 290 g/mol. The van der Waals surface area contributed by atoms with Gasteiger partial charge in [-0.3, -0.25) is 4.98 Å². The molecule has 1 saturated heterocycles. The topological polar surface area (TPSA) is 62.3 Å². The van der Waals surface area contributed by atoms with Crippen molar-refractivity contribution in [1.82, 2.24) is 14.6 Å². The minimum atomic E-state index is -3.55. The highest BCUT2D eigenvalue weighted by Gasteiger charge is 2.18. The lowest BCUT2D eigenvalue weighted by molar-refractivity contribution is 0.344. The normalized spacial score (nSPS) is 17.2. The molecule has 0 saturated carbocycles. The molecule has 0 spiro atoms. The van der Waals surface area contributed by atoms with Crippen molar-refractivity contribution in [3.63, 3.8) is 0 Å². The minimum absolute atomic E-state index is 0.0353. The highest BCUT2D eigenvalue weighted by atomic mass is 35.5. The molecule has 0 unspecified atom stereocenters. The quantitative estimate of drug-likeness (QED) is 0.882. The first kappa shape index (κ1) is 13.7. The molecule has 0 aromatic carbocycles. The lowest BCUT2D eigenvalue weighted by Gasteiger charge is -2.15. The number of nitrogens with zero attached hydrogens (tertiary/aromatic N) is 2. The summed E-state index contributed by atoms with van der Waals surface area (Å²) in [6.07, 6.45) is 5.12. The number of rotatable bonds is 5. The van der Waals surface area contributed by atoms with Gasteiger partial charge in [0, 0.05) is 25.5 Å². The zero-order valence-electron chi connectivity index (χ0n) is 9.97. The Bertz CT molecular complexity index is 501. The van der Waals surface area contributed by atoms with Crippen LogP contribution >= 0.6 is 11.6 Å². The molecule has 0 aliphatic carbocycles. The van der Waals surface area contributed by atoms with Gasteiger partial charge in [0.25, 0.3) is 0 Å². The van der Waals surface area contributed by atoms with Gasteiger partial charge < -0.3 is 4.90 Å². The molecule has 1 aliphatic heterocycles. The summed E-state index contributed by atoms with van der Waals surface area (Å²) in [6, 6.07) is 1.47. The Morgan fingerprint density at radius 1 is 1.39 bits per heavy atom. The van der Waals surface area contributed by atoms with Crippen LogP contribution in [0, 0.1) is 0 Å². The first-order valence-electron chi connectivity index (χ1n) is 5.91. The molecule has 18 heavy (non-hydrogen) atoms. The SMILES string of the molecule is O=S(=O)(NCCN1CCCC1)c1cnccc1Cl. The molecule has 1 aliphatic rings. The van der Waals surface area contributed by atoms with Crippen molar-refractivity contribution in [2.24, 2.45) is 0 Å². The van der Waals surface area contributed by atoms with Crippen LogP contribution in [0.2, 0.25) is 5.02 Å². The van der Waals surface area contributed by atoms with Crippen LogP contribution in [0.5, 0.6) is 0 Å². The maximum absolute atomic E-state index is 12.0. The van der Waals surface area contributed by atoms with Crippen LogP contribution in [-0.4, -0.2) is 44.5 Å². The van der Waals surface area contributed by atoms with E-state index >= 15 is 0 Å². The van der Waals surface area contributed by atoms with Gasteiger partial charge in [0.2, 0.25) is 10.0 Å². The molecule has 0 radical (unpaired) electrons. The van der Waals surface area contributed by atoms with Crippen molar-refractivity contribution in [2.75, 3.05) is 26.2 Å². The van der Waals surface area contributed by atoms with Gasteiger partial charge in [-0.2, -0.15) is 0 Å². The van der Waals surface area contributed by atoms with Crippen LogP contribution in [0.3, 0.4) is 0 Å². The Kier molecular flexibility index (Phi) is 4.55. The first-order valence-corrected chi connectivity index (χ1v) is 7.77. The number of aromatic nitrogens is 1. The zero-order valence-corrected chi connectivity index (χ0v) is 11.5. The molecular weight excluding hydrogens is 274 g/mol. The Morgan fingerprint density at radius 2 is 2.11 bits per heavy atom. The van der Waals surface area contributed by atoms with Gasteiger partial charge in [0.1, 0.15) is 4.90 Å². The van der Waals surface area contributed by atoms with E-state index in [1.54, 1.807) is 0 Å². The highest BCUT2D eigenvalue weighted by molar-refractivity contribution is 7.89. The molecule has 1 fully saturated rings. The van der Waals surface area contributed by atoms with Crippen LogP contribution in [0.1, 0.15) is 12.8 Å². The van der Waals surface area contributed by atoms with E-state index in [4.69, 9.17) is 11.6 Å². The van der Waals surface area contributed by atoms with E-state index in [9.17, 15) is 8.42 Å². The second-order valence-corrected chi connectivity index (χ2v) is 6.40.